The third-order valence-corrected chi connectivity index (χ3v) is 8.50. The van der Waals surface area contributed by atoms with Crippen molar-refractivity contribution in [3.8, 4) is 11.8 Å². The van der Waals surface area contributed by atoms with Gasteiger partial charge in [0.05, 0.1) is 6.07 Å². The fraction of sp³-hybridized carbons (Fsp3) is 0.630. The number of carbonyl (C=O) groups is 3. The molecule has 3 saturated carbocycles. The second kappa shape index (κ2) is 9.05. The van der Waals surface area contributed by atoms with Gasteiger partial charge in [0.25, 0.3) is 5.91 Å². The van der Waals surface area contributed by atoms with Crippen LogP contribution in [0.25, 0.3) is 0 Å². The predicted molar refractivity (Wildman–Crippen MR) is 125 cm³/mol. The summed E-state index contributed by atoms with van der Waals surface area (Å²) >= 11 is 0. The van der Waals surface area contributed by atoms with Gasteiger partial charge in [-0.25, -0.2) is 0 Å². The van der Waals surface area contributed by atoms with Gasteiger partial charge in [0.15, 0.2) is 6.61 Å². The molecule has 1 spiro atoms. The Balaban J connectivity index is 1.23. The van der Waals surface area contributed by atoms with E-state index in [0.717, 1.165) is 44.1 Å². The van der Waals surface area contributed by atoms with Crippen molar-refractivity contribution in [1.82, 2.24) is 10.2 Å². The molecule has 0 aromatic heterocycles. The Bertz CT molecular complexity index is 1010. The van der Waals surface area contributed by atoms with Gasteiger partial charge in [0, 0.05) is 18.9 Å². The number of nitrogens with zero attached hydrogens (tertiary/aromatic N) is 2. The molecule has 4 fully saturated rings. The van der Waals surface area contributed by atoms with Crippen molar-refractivity contribution in [2.24, 2.45) is 23.2 Å². The molecular formula is C27H33N3O4. The smallest absolute Gasteiger partial charge is 0.261 e. The fourth-order valence-corrected chi connectivity index (χ4v) is 6.44. The normalized spacial score (nSPS) is 29.5. The highest BCUT2D eigenvalue weighted by atomic mass is 16.5. The Hall–Kier alpha value is -2.88. The van der Waals surface area contributed by atoms with E-state index in [1.54, 1.807) is 4.90 Å². The van der Waals surface area contributed by atoms with Gasteiger partial charge in [-0.2, -0.15) is 5.26 Å². The predicted octanol–water partition coefficient (Wildman–Crippen LogP) is 3.16. The molecular weight excluding hydrogens is 430 g/mol. The first-order chi connectivity index (χ1) is 16.4. The summed E-state index contributed by atoms with van der Waals surface area (Å²) in [5, 5.41) is 12.6. The molecule has 2 amide bonds. The minimum absolute atomic E-state index is 0.116. The maximum Gasteiger partial charge on any atom is 0.261 e. The Kier molecular flexibility index (Phi) is 6.09. The average Bonchev–Trinajstić information content (AvgIpc) is 3.13. The third kappa shape index (κ3) is 4.55. The zero-order valence-electron chi connectivity index (χ0n) is 19.8. The number of rotatable bonds is 7. The average molecular weight is 464 g/mol. The highest BCUT2D eigenvalue weighted by Crippen LogP contribution is 2.58. The molecule has 5 rings (SSSR count). The summed E-state index contributed by atoms with van der Waals surface area (Å²) < 4.78 is 5.70. The molecule has 0 radical (unpaired) electrons. The molecule has 1 aromatic rings. The van der Waals surface area contributed by atoms with E-state index in [4.69, 9.17) is 4.74 Å². The number of hydrogen-bond donors (Lipinski definition) is 1. The van der Waals surface area contributed by atoms with Gasteiger partial charge in [-0.1, -0.05) is 24.1 Å². The first-order valence-electron chi connectivity index (χ1n) is 12.6. The van der Waals surface area contributed by atoms with Crippen LogP contribution >= 0.6 is 0 Å². The van der Waals surface area contributed by atoms with Crippen LogP contribution in [0.1, 0.15) is 56.9 Å². The minimum atomic E-state index is -0.712. The first-order valence-corrected chi connectivity index (χ1v) is 12.6. The van der Waals surface area contributed by atoms with Gasteiger partial charge in [0.2, 0.25) is 5.91 Å². The zero-order chi connectivity index (χ0) is 23.9. The summed E-state index contributed by atoms with van der Waals surface area (Å²) in [6.45, 7) is 2.43. The van der Waals surface area contributed by atoms with E-state index in [2.05, 4.69) is 11.4 Å². The van der Waals surface area contributed by atoms with Crippen LogP contribution in [-0.2, 0) is 14.4 Å². The van der Waals surface area contributed by atoms with Crippen molar-refractivity contribution in [3.05, 3.63) is 29.8 Å². The highest BCUT2D eigenvalue weighted by molar-refractivity contribution is 5.90. The lowest BCUT2D eigenvalue weighted by molar-refractivity contribution is -0.141. The quantitative estimate of drug-likeness (QED) is 0.670. The molecule has 34 heavy (non-hydrogen) atoms. The highest BCUT2D eigenvalue weighted by Gasteiger charge is 2.53. The SMILES string of the molecule is Cc1ccc(OCC(=O)N2C[C@@H]3CCC[C@@H]3C2C(=O)N[C@H](C#N)C[C@@H]2CC3(CC3)CC2=O)cc1. The number of likely N-dealkylation sites (tertiary alicyclic amines) is 1. The molecule has 3 aliphatic carbocycles. The molecule has 5 atom stereocenters. The van der Waals surface area contributed by atoms with Crippen LogP contribution in [0.2, 0.25) is 0 Å². The molecule has 0 bridgehead atoms. The standard InChI is InChI=1S/C27H33N3O4/c1-17-5-7-21(8-6-17)34-16-24(32)30-15-18-3-2-4-22(18)25(30)26(33)29-20(14-28)11-19-12-27(9-10-27)13-23(19)31/h5-8,18-20,22,25H,2-4,9-13,15-16H2,1H3,(H,29,33)/t18-,19+,20-,22-,25?/m0/s1. The van der Waals surface area contributed by atoms with Crippen molar-refractivity contribution in [2.75, 3.05) is 13.2 Å². The summed E-state index contributed by atoms with van der Waals surface area (Å²) in [6, 6.07) is 8.43. The lowest BCUT2D eigenvalue weighted by Crippen LogP contribution is -2.52. The van der Waals surface area contributed by atoms with Gasteiger partial charge in [-0.15, -0.1) is 0 Å². The number of ketones is 1. The van der Waals surface area contributed by atoms with Gasteiger partial charge >= 0.3 is 0 Å². The molecule has 1 heterocycles. The van der Waals surface area contributed by atoms with E-state index in [1.165, 1.54) is 0 Å². The lowest BCUT2D eigenvalue weighted by atomic mass is 9.92. The fourth-order valence-electron chi connectivity index (χ4n) is 6.44. The third-order valence-electron chi connectivity index (χ3n) is 8.50. The largest absolute Gasteiger partial charge is 0.484 e. The molecule has 4 aliphatic rings. The van der Waals surface area contributed by atoms with Crippen LogP contribution in [0, 0.1) is 41.4 Å². The number of aryl methyl sites for hydroxylation is 1. The van der Waals surface area contributed by atoms with E-state index in [1.807, 2.05) is 31.2 Å². The molecule has 1 saturated heterocycles. The summed E-state index contributed by atoms with van der Waals surface area (Å²) in [6.07, 6.45) is 7.02. The van der Waals surface area contributed by atoms with Gasteiger partial charge in [-0.05, 0) is 74.8 Å². The van der Waals surface area contributed by atoms with E-state index < -0.39 is 12.1 Å². The molecule has 1 aliphatic heterocycles. The number of carbonyl (C=O) groups excluding carboxylic acids is 3. The monoisotopic (exact) mass is 463 g/mol. The topological polar surface area (TPSA) is 99.5 Å². The van der Waals surface area contributed by atoms with Crippen LogP contribution in [-0.4, -0.2) is 47.7 Å². The second-order valence-corrected chi connectivity index (χ2v) is 10.9. The molecule has 1 unspecified atom stereocenters. The lowest BCUT2D eigenvalue weighted by Gasteiger charge is -2.28. The van der Waals surface area contributed by atoms with Gasteiger partial charge in [0.1, 0.15) is 23.6 Å². The molecule has 1 aromatic carbocycles. The van der Waals surface area contributed by atoms with Crippen molar-refractivity contribution in [1.29, 1.82) is 5.26 Å². The minimum Gasteiger partial charge on any atom is -0.484 e. The number of nitriles is 1. The number of hydrogen-bond acceptors (Lipinski definition) is 5. The number of amides is 2. The Morgan fingerprint density at radius 1 is 1.26 bits per heavy atom. The number of ether oxygens (including phenoxy) is 1. The maximum atomic E-state index is 13.4. The van der Waals surface area contributed by atoms with Crippen molar-refractivity contribution < 1.29 is 19.1 Å². The summed E-state index contributed by atoms with van der Waals surface area (Å²) in [4.78, 5) is 40.6. The molecule has 180 valence electrons. The summed E-state index contributed by atoms with van der Waals surface area (Å²) in [5.41, 5.74) is 1.30. The van der Waals surface area contributed by atoms with E-state index in [-0.39, 0.29) is 41.5 Å². The van der Waals surface area contributed by atoms with Crippen LogP contribution < -0.4 is 10.1 Å². The summed E-state index contributed by atoms with van der Waals surface area (Å²) in [7, 11) is 0. The van der Waals surface area contributed by atoms with Gasteiger partial charge < -0.3 is 15.0 Å². The van der Waals surface area contributed by atoms with E-state index in [9.17, 15) is 19.6 Å². The van der Waals surface area contributed by atoms with Crippen molar-refractivity contribution >= 4 is 17.6 Å². The number of nitrogens with one attached hydrogen (secondary N) is 1. The Morgan fingerprint density at radius 2 is 2.03 bits per heavy atom. The molecule has 1 N–H and O–H groups in total. The van der Waals surface area contributed by atoms with Crippen LogP contribution in [0.15, 0.2) is 24.3 Å². The Labute approximate surface area is 200 Å². The molecule has 7 heteroatoms. The van der Waals surface area contributed by atoms with E-state index in [0.29, 0.717) is 31.1 Å². The van der Waals surface area contributed by atoms with E-state index >= 15 is 0 Å². The Morgan fingerprint density at radius 3 is 2.71 bits per heavy atom. The van der Waals surface area contributed by atoms with Crippen molar-refractivity contribution in [2.45, 2.75) is 70.4 Å². The van der Waals surface area contributed by atoms with Crippen LogP contribution in [0.3, 0.4) is 0 Å². The number of benzene rings is 1. The summed E-state index contributed by atoms with van der Waals surface area (Å²) in [5.74, 6) is 0.668. The first kappa shape index (κ1) is 22.9. The number of fused-ring (bicyclic) bond motifs is 1. The van der Waals surface area contributed by atoms with Crippen LogP contribution in [0.5, 0.6) is 5.75 Å². The van der Waals surface area contributed by atoms with Crippen LogP contribution in [0.4, 0.5) is 0 Å². The molecule has 7 nitrogen and oxygen atoms in total. The van der Waals surface area contributed by atoms with Crippen molar-refractivity contribution in [3.63, 3.8) is 0 Å². The van der Waals surface area contributed by atoms with Gasteiger partial charge in [-0.3, -0.25) is 14.4 Å². The number of Topliss-reactive ketones (excluding diaryl/α,β-unsaturated/α-hetero) is 1. The zero-order valence-corrected chi connectivity index (χ0v) is 19.8. The maximum absolute atomic E-state index is 13.4. The second-order valence-electron chi connectivity index (χ2n) is 10.9.